The Morgan fingerprint density at radius 2 is 1.44 bits per heavy atom. The van der Waals surface area contributed by atoms with Crippen molar-refractivity contribution in [3.8, 4) is 22.5 Å². The van der Waals surface area contributed by atoms with E-state index in [0.717, 1.165) is 28.1 Å². The summed E-state index contributed by atoms with van der Waals surface area (Å²) >= 11 is 0. The number of methoxy groups -OCH3 is 1. The number of amides is 2. The Balaban J connectivity index is 1.63. The SMILES string of the molecule is COCCOCCOCCNC(=O)[C@H](CCCc1cc(-c2ccccn2)cc(-c2ccccn2)c1)NC(=O)OC(C)(C)C. The zero-order valence-electron chi connectivity index (χ0n) is 25.6. The normalized spacial score (nSPS) is 12.0. The van der Waals surface area contributed by atoms with Gasteiger partial charge in [-0.05, 0) is 88.1 Å². The van der Waals surface area contributed by atoms with E-state index in [1.54, 1.807) is 40.3 Å². The Morgan fingerprint density at radius 3 is 2.00 bits per heavy atom. The summed E-state index contributed by atoms with van der Waals surface area (Å²) in [7, 11) is 1.62. The van der Waals surface area contributed by atoms with E-state index < -0.39 is 17.7 Å². The Kier molecular flexibility index (Phi) is 14.0. The fourth-order valence-electron chi connectivity index (χ4n) is 4.26. The Bertz CT molecular complexity index is 1190. The smallest absolute Gasteiger partial charge is 0.408 e. The maximum absolute atomic E-state index is 13.1. The molecule has 3 aromatic rings. The van der Waals surface area contributed by atoms with Crippen molar-refractivity contribution in [2.75, 3.05) is 46.7 Å². The number of nitrogens with zero attached hydrogens (tertiary/aromatic N) is 2. The minimum Gasteiger partial charge on any atom is -0.444 e. The van der Waals surface area contributed by atoms with E-state index in [1.165, 1.54) is 0 Å². The van der Waals surface area contributed by atoms with Gasteiger partial charge in [-0.15, -0.1) is 0 Å². The molecule has 0 fully saturated rings. The van der Waals surface area contributed by atoms with Crippen LogP contribution in [0.4, 0.5) is 4.79 Å². The van der Waals surface area contributed by atoms with Gasteiger partial charge in [-0.25, -0.2) is 4.79 Å². The number of carbonyl (C=O) groups is 2. The summed E-state index contributed by atoms with van der Waals surface area (Å²) < 4.78 is 21.2. The summed E-state index contributed by atoms with van der Waals surface area (Å²) in [4.78, 5) is 34.7. The molecule has 1 aromatic carbocycles. The molecule has 0 aliphatic heterocycles. The van der Waals surface area contributed by atoms with E-state index >= 15 is 0 Å². The van der Waals surface area contributed by atoms with E-state index in [4.69, 9.17) is 18.9 Å². The average Bonchev–Trinajstić information content (AvgIpc) is 2.99. The van der Waals surface area contributed by atoms with Crippen LogP contribution in [0, 0.1) is 0 Å². The van der Waals surface area contributed by atoms with Gasteiger partial charge in [-0.1, -0.05) is 12.1 Å². The number of benzene rings is 1. The van der Waals surface area contributed by atoms with Crippen LogP contribution in [0.3, 0.4) is 0 Å². The third-order valence-electron chi connectivity index (χ3n) is 6.23. The molecule has 0 spiro atoms. The first-order chi connectivity index (χ1) is 20.7. The highest BCUT2D eigenvalue weighted by Crippen LogP contribution is 2.27. The lowest BCUT2D eigenvalue weighted by atomic mass is 9.97. The van der Waals surface area contributed by atoms with Gasteiger partial charge in [0.15, 0.2) is 0 Å². The molecule has 10 nitrogen and oxygen atoms in total. The van der Waals surface area contributed by atoms with E-state index in [1.807, 2.05) is 36.4 Å². The van der Waals surface area contributed by atoms with Crippen molar-refractivity contribution >= 4 is 12.0 Å². The zero-order valence-corrected chi connectivity index (χ0v) is 25.6. The Morgan fingerprint density at radius 1 is 0.837 bits per heavy atom. The van der Waals surface area contributed by atoms with Gasteiger partial charge in [0, 0.05) is 37.2 Å². The summed E-state index contributed by atoms with van der Waals surface area (Å²) in [5.41, 5.74) is 4.12. The number of pyridine rings is 2. The minimum absolute atomic E-state index is 0.290. The number of carbonyl (C=O) groups excluding carboxylic acids is 2. The lowest BCUT2D eigenvalue weighted by molar-refractivity contribution is -0.123. The van der Waals surface area contributed by atoms with Crippen LogP contribution in [0.1, 0.15) is 39.2 Å². The number of hydrogen-bond donors (Lipinski definition) is 2. The van der Waals surface area contributed by atoms with Crippen LogP contribution in [0.25, 0.3) is 22.5 Å². The minimum atomic E-state index is -0.763. The molecule has 0 bridgehead atoms. The number of aryl methyl sites for hydroxylation is 1. The monoisotopic (exact) mass is 592 g/mol. The van der Waals surface area contributed by atoms with Gasteiger partial charge in [0.1, 0.15) is 11.6 Å². The number of ether oxygens (including phenoxy) is 4. The zero-order chi connectivity index (χ0) is 30.9. The Hall–Kier alpha value is -3.86. The molecule has 43 heavy (non-hydrogen) atoms. The predicted molar refractivity (Wildman–Crippen MR) is 166 cm³/mol. The van der Waals surface area contributed by atoms with Gasteiger partial charge in [-0.3, -0.25) is 14.8 Å². The first-order valence-electron chi connectivity index (χ1n) is 14.6. The maximum Gasteiger partial charge on any atom is 0.408 e. The molecule has 2 amide bonds. The van der Waals surface area contributed by atoms with Crippen LogP contribution >= 0.6 is 0 Å². The van der Waals surface area contributed by atoms with E-state index in [0.29, 0.717) is 58.8 Å². The van der Waals surface area contributed by atoms with Crippen LogP contribution in [0.5, 0.6) is 0 Å². The summed E-state index contributed by atoms with van der Waals surface area (Å²) in [6, 6.07) is 17.2. The number of aromatic nitrogens is 2. The first kappa shape index (κ1) is 33.6. The number of nitrogens with one attached hydrogen (secondary N) is 2. The van der Waals surface area contributed by atoms with Crippen molar-refractivity contribution < 1.29 is 28.5 Å². The molecular weight excluding hydrogens is 548 g/mol. The van der Waals surface area contributed by atoms with Crippen LogP contribution in [-0.2, 0) is 30.2 Å². The second-order valence-electron chi connectivity index (χ2n) is 10.9. The van der Waals surface area contributed by atoms with Gasteiger partial charge in [-0.2, -0.15) is 0 Å². The molecule has 0 saturated heterocycles. The molecule has 1 atom stereocenters. The summed E-state index contributed by atoms with van der Waals surface area (Å²) in [5, 5.41) is 5.61. The molecule has 0 unspecified atom stereocenters. The van der Waals surface area contributed by atoms with Crippen LogP contribution in [-0.4, -0.2) is 80.3 Å². The molecule has 0 saturated carbocycles. The second-order valence-corrected chi connectivity index (χ2v) is 10.9. The summed E-state index contributed by atoms with van der Waals surface area (Å²) in [5.74, 6) is -0.290. The largest absolute Gasteiger partial charge is 0.444 e. The molecule has 2 N–H and O–H groups in total. The van der Waals surface area contributed by atoms with Crippen molar-refractivity contribution in [3.05, 3.63) is 72.6 Å². The lowest BCUT2D eigenvalue weighted by Gasteiger charge is -2.23. The van der Waals surface area contributed by atoms with Gasteiger partial charge in [0.05, 0.1) is 44.4 Å². The van der Waals surface area contributed by atoms with Crippen LogP contribution in [0.15, 0.2) is 67.0 Å². The van der Waals surface area contributed by atoms with Crippen molar-refractivity contribution in [3.63, 3.8) is 0 Å². The highest BCUT2D eigenvalue weighted by atomic mass is 16.6. The molecule has 3 rings (SSSR count). The molecular formula is C33H44N4O6. The van der Waals surface area contributed by atoms with Gasteiger partial charge in [0.2, 0.25) is 5.91 Å². The molecule has 232 valence electrons. The highest BCUT2D eigenvalue weighted by molar-refractivity contribution is 5.85. The van der Waals surface area contributed by atoms with Crippen LogP contribution < -0.4 is 10.6 Å². The average molecular weight is 593 g/mol. The van der Waals surface area contributed by atoms with Gasteiger partial charge >= 0.3 is 6.09 Å². The van der Waals surface area contributed by atoms with Crippen molar-refractivity contribution in [2.24, 2.45) is 0 Å². The molecule has 2 heterocycles. The first-order valence-corrected chi connectivity index (χ1v) is 14.6. The third-order valence-corrected chi connectivity index (χ3v) is 6.23. The van der Waals surface area contributed by atoms with E-state index in [-0.39, 0.29) is 5.91 Å². The van der Waals surface area contributed by atoms with Crippen molar-refractivity contribution in [1.82, 2.24) is 20.6 Å². The standard InChI is InChI=1S/C33H44N4O6/c1-33(2,3)43-32(39)37-30(31(38)36-16-17-41-20-21-42-19-18-40-4)13-9-10-25-22-26(28-11-5-7-14-34-28)24-27(23-25)29-12-6-8-15-35-29/h5-8,11-12,14-15,22-24,30H,9-10,13,16-21H2,1-4H3,(H,36,38)(H,37,39)/t30-/m0/s1. The third kappa shape index (κ3) is 12.9. The van der Waals surface area contributed by atoms with Crippen molar-refractivity contribution in [2.45, 2.75) is 51.7 Å². The maximum atomic E-state index is 13.1. The summed E-state index contributed by atoms with van der Waals surface area (Å²) in [6.45, 7) is 7.89. The van der Waals surface area contributed by atoms with Gasteiger partial charge in [0.25, 0.3) is 0 Å². The Labute approximate surface area is 254 Å². The number of rotatable bonds is 17. The topological polar surface area (TPSA) is 121 Å². The molecule has 0 aliphatic rings. The molecule has 2 aromatic heterocycles. The quantitative estimate of drug-likeness (QED) is 0.214. The van der Waals surface area contributed by atoms with Crippen molar-refractivity contribution in [1.29, 1.82) is 0 Å². The number of alkyl carbamates (subject to hydrolysis) is 1. The number of hydrogen-bond acceptors (Lipinski definition) is 8. The molecule has 0 aliphatic carbocycles. The van der Waals surface area contributed by atoms with E-state index in [9.17, 15) is 9.59 Å². The van der Waals surface area contributed by atoms with Gasteiger partial charge < -0.3 is 29.6 Å². The predicted octanol–water partition coefficient (Wildman–Crippen LogP) is 4.82. The fourth-order valence-corrected chi connectivity index (χ4v) is 4.26. The summed E-state index contributed by atoms with van der Waals surface area (Å²) in [6.07, 6.45) is 4.67. The molecule has 10 heteroatoms. The lowest BCUT2D eigenvalue weighted by Crippen LogP contribution is -2.48. The molecule has 0 radical (unpaired) electrons. The van der Waals surface area contributed by atoms with E-state index in [2.05, 4.69) is 38.8 Å². The second kappa shape index (κ2) is 17.9. The van der Waals surface area contributed by atoms with Crippen LogP contribution in [0.2, 0.25) is 0 Å². The highest BCUT2D eigenvalue weighted by Gasteiger charge is 2.24. The fraction of sp³-hybridized carbons (Fsp3) is 0.455.